The monoisotopic (exact) mass is 571 g/mol. The van der Waals surface area contributed by atoms with Crippen LogP contribution in [0.3, 0.4) is 0 Å². The molecule has 3 heterocycles. The first-order valence-electron chi connectivity index (χ1n) is 10.3. The summed E-state index contributed by atoms with van der Waals surface area (Å²) in [6, 6.07) is 7.23. The zero-order chi connectivity index (χ0) is 20.1. The molecule has 0 spiro atoms. The van der Waals surface area contributed by atoms with Crippen LogP contribution in [0, 0.1) is 0 Å². The summed E-state index contributed by atoms with van der Waals surface area (Å²) in [7, 11) is 0. The lowest BCUT2D eigenvalue weighted by Gasteiger charge is -2.30. The summed E-state index contributed by atoms with van der Waals surface area (Å²) in [4.78, 5) is 30.8. The number of anilines is 3. The van der Waals surface area contributed by atoms with Crippen molar-refractivity contribution in [2.45, 2.75) is 38.5 Å². The van der Waals surface area contributed by atoms with Gasteiger partial charge in [0.1, 0.15) is 0 Å². The zero-order valence-electron chi connectivity index (χ0n) is 19.6. The topological polar surface area (TPSA) is 226 Å². The maximum atomic E-state index is 12.5. The van der Waals surface area contributed by atoms with E-state index in [1.54, 1.807) is 12.1 Å². The van der Waals surface area contributed by atoms with E-state index < -0.39 is 0 Å². The van der Waals surface area contributed by atoms with E-state index in [0.717, 1.165) is 56.3 Å². The molecule has 0 saturated carbocycles. The van der Waals surface area contributed by atoms with Crippen LogP contribution in [-0.2, 0) is 0 Å². The number of aromatic nitrogens is 3. The SMILES string of the molecule is Cl.N.N.N.N.O=C(NNc1nc(N2CCCCC2)nc(N2CCCCC2)n1)c1cccc(Br)c1.[HH].[HH].[HH].[HH]. The van der Waals surface area contributed by atoms with Gasteiger partial charge in [0, 0.05) is 41.9 Å². The summed E-state index contributed by atoms with van der Waals surface area (Å²) in [5.74, 6) is 1.48. The van der Waals surface area contributed by atoms with Crippen molar-refractivity contribution >= 4 is 52.1 Å². The number of hydrazine groups is 1. The number of carbonyl (C=O) groups is 1. The molecule has 2 aliphatic heterocycles. The molecule has 1 aromatic heterocycles. The Labute approximate surface area is 221 Å². The van der Waals surface area contributed by atoms with Gasteiger partial charge in [-0.15, -0.1) is 12.4 Å². The van der Waals surface area contributed by atoms with Gasteiger partial charge in [-0.05, 0) is 56.7 Å². The second-order valence-corrected chi connectivity index (χ2v) is 8.36. The normalized spacial score (nSPS) is 14.6. The van der Waals surface area contributed by atoms with E-state index in [9.17, 15) is 4.79 Å². The van der Waals surface area contributed by atoms with Crippen molar-refractivity contribution in [3.05, 3.63) is 34.3 Å². The molecular formula is C20H47BrClN11O. The molecule has 0 radical (unpaired) electrons. The Bertz CT molecular complexity index is 846. The summed E-state index contributed by atoms with van der Waals surface area (Å²) in [5.41, 5.74) is 6.14. The van der Waals surface area contributed by atoms with Gasteiger partial charge in [-0.3, -0.25) is 15.6 Å². The highest BCUT2D eigenvalue weighted by molar-refractivity contribution is 9.10. The minimum Gasteiger partial charge on any atom is -0.344 e. The molecule has 4 rings (SSSR count). The van der Waals surface area contributed by atoms with E-state index in [4.69, 9.17) is 4.98 Å². The molecule has 2 saturated heterocycles. The molecule has 34 heavy (non-hydrogen) atoms. The number of benzene rings is 1. The Morgan fingerprint density at radius 1 is 0.824 bits per heavy atom. The number of hydrogen-bond donors (Lipinski definition) is 6. The fourth-order valence-electron chi connectivity index (χ4n) is 3.69. The lowest BCUT2D eigenvalue weighted by Crippen LogP contribution is -2.36. The van der Waals surface area contributed by atoms with Gasteiger partial charge < -0.3 is 34.4 Å². The standard InChI is InChI=1S/C20H26BrN7O.ClH.4H3N.4H2/c21-16-9-7-8-15(14-16)17(29)25-26-18-22-19(27-10-3-1-4-11-27)24-20(23-18)28-12-5-2-6-13-28;;;;;;;;;/h7-9,14H,1-6,10-13H2,(H,25,29)(H,22,23,24,26);1H;4*1H3;4*1H. The highest BCUT2D eigenvalue weighted by Gasteiger charge is 2.20. The van der Waals surface area contributed by atoms with Gasteiger partial charge in [0.25, 0.3) is 5.91 Å². The van der Waals surface area contributed by atoms with E-state index in [0.29, 0.717) is 23.4 Å². The number of hydrogen-bond acceptors (Lipinski definition) is 11. The smallest absolute Gasteiger partial charge is 0.269 e. The summed E-state index contributed by atoms with van der Waals surface area (Å²) < 4.78 is 0.852. The Morgan fingerprint density at radius 3 is 1.79 bits per heavy atom. The largest absolute Gasteiger partial charge is 0.344 e. The molecule has 1 amide bonds. The molecule has 14 heteroatoms. The van der Waals surface area contributed by atoms with Gasteiger partial charge >= 0.3 is 0 Å². The van der Waals surface area contributed by atoms with E-state index in [2.05, 4.69) is 46.5 Å². The van der Waals surface area contributed by atoms with E-state index in [-0.39, 0.29) is 48.6 Å². The molecule has 1 aromatic carbocycles. The molecule has 0 aliphatic carbocycles. The summed E-state index contributed by atoms with van der Waals surface area (Å²) in [5, 5.41) is 0. The number of nitrogens with zero attached hydrogens (tertiary/aromatic N) is 5. The average Bonchev–Trinajstić information content (AvgIpc) is 2.78. The maximum Gasteiger partial charge on any atom is 0.269 e. The van der Waals surface area contributed by atoms with Gasteiger partial charge in [-0.1, -0.05) is 22.0 Å². The Morgan fingerprint density at radius 2 is 1.32 bits per heavy atom. The van der Waals surface area contributed by atoms with Crippen LogP contribution in [0.5, 0.6) is 0 Å². The van der Waals surface area contributed by atoms with Gasteiger partial charge in [0.2, 0.25) is 17.8 Å². The third-order valence-corrected chi connectivity index (χ3v) is 5.76. The average molecular weight is 573 g/mol. The Balaban J connectivity index is -0.000000284. The molecule has 202 valence electrons. The van der Waals surface area contributed by atoms with Crippen LogP contribution in [0.4, 0.5) is 17.8 Å². The fraction of sp³-hybridized carbons (Fsp3) is 0.500. The number of nitrogens with one attached hydrogen (secondary N) is 2. The van der Waals surface area contributed by atoms with Crippen molar-refractivity contribution in [3.8, 4) is 0 Å². The van der Waals surface area contributed by atoms with Crippen LogP contribution < -0.4 is 45.3 Å². The molecule has 2 aromatic rings. The molecule has 0 bridgehead atoms. The van der Waals surface area contributed by atoms with Crippen LogP contribution in [0.1, 0.15) is 54.6 Å². The molecule has 0 unspecified atom stereocenters. The second kappa shape index (κ2) is 16.4. The van der Waals surface area contributed by atoms with Gasteiger partial charge in [-0.2, -0.15) is 15.0 Å². The highest BCUT2D eigenvalue weighted by Crippen LogP contribution is 2.22. The first-order chi connectivity index (χ1) is 14.2. The first kappa shape index (κ1) is 33.9. The molecule has 2 aliphatic rings. The Hall–Kier alpha value is -2.29. The number of piperidine rings is 2. The number of halogens is 2. The van der Waals surface area contributed by atoms with Crippen LogP contribution in [0.25, 0.3) is 0 Å². The van der Waals surface area contributed by atoms with Crippen molar-refractivity contribution in [2.75, 3.05) is 41.4 Å². The van der Waals surface area contributed by atoms with Crippen LogP contribution in [-0.4, -0.2) is 47.0 Å². The molecule has 0 atom stereocenters. The zero-order valence-corrected chi connectivity index (χ0v) is 22.0. The van der Waals surface area contributed by atoms with Gasteiger partial charge in [0.15, 0.2) is 0 Å². The quantitative estimate of drug-likeness (QED) is 0.247. The molecule has 2 fully saturated rings. The van der Waals surface area contributed by atoms with Crippen molar-refractivity contribution in [3.63, 3.8) is 0 Å². The van der Waals surface area contributed by atoms with E-state index >= 15 is 0 Å². The first-order valence-corrected chi connectivity index (χ1v) is 11.1. The van der Waals surface area contributed by atoms with Gasteiger partial charge in [-0.25, -0.2) is 0 Å². The molecular weight excluding hydrogens is 526 g/mol. The summed E-state index contributed by atoms with van der Waals surface area (Å²) in [6.45, 7) is 3.81. The number of rotatable bonds is 5. The van der Waals surface area contributed by atoms with Crippen LogP contribution in [0.15, 0.2) is 28.7 Å². The van der Waals surface area contributed by atoms with Crippen molar-refractivity contribution < 1.29 is 10.5 Å². The van der Waals surface area contributed by atoms with Crippen molar-refractivity contribution in [1.82, 2.24) is 45.0 Å². The Kier molecular flexibility index (Phi) is 16.3. The minimum absolute atomic E-state index is 0. The highest BCUT2D eigenvalue weighted by atomic mass is 79.9. The summed E-state index contributed by atoms with van der Waals surface area (Å²) >= 11 is 3.39. The maximum absolute atomic E-state index is 12.5. The second-order valence-electron chi connectivity index (χ2n) is 7.44. The van der Waals surface area contributed by atoms with E-state index in [1.165, 1.54) is 12.8 Å². The fourth-order valence-corrected chi connectivity index (χ4v) is 4.09. The third kappa shape index (κ3) is 8.81. The minimum atomic E-state index is -0.245. The predicted octanol–water partition coefficient (Wildman–Crippen LogP) is 5.43. The van der Waals surface area contributed by atoms with Crippen molar-refractivity contribution in [2.24, 2.45) is 0 Å². The van der Waals surface area contributed by atoms with Crippen LogP contribution >= 0.6 is 28.3 Å². The van der Waals surface area contributed by atoms with Crippen molar-refractivity contribution in [1.29, 1.82) is 0 Å². The lowest BCUT2D eigenvalue weighted by atomic mass is 10.1. The molecule has 12 nitrogen and oxygen atoms in total. The number of amides is 1. The lowest BCUT2D eigenvalue weighted by molar-refractivity contribution is 0.0962. The van der Waals surface area contributed by atoms with Crippen LogP contribution in [0.2, 0.25) is 0 Å². The number of carbonyl (C=O) groups excluding carboxylic acids is 1. The van der Waals surface area contributed by atoms with E-state index in [1.807, 2.05) is 12.1 Å². The summed E-state index contributed by atoms with van der Waals surface area (Å²) in [6.07, 6.45) is 7.07. The third-order valence-electron chi connectivity index (χ3n) is 5.26. The van der Waals surface area contributed by atoms with Gasteiger partial charge in [0.05, 0.1) is 0 Å². The molecule has 14 N–H and O–H groups in total. The predicted molar refractivity (Wildman–Crippen MR) is 153 cm³/mol.